The van der Waals surface area contributed by atoms with Crippen LogP contribution in [0.25, 0.3) is 16.7 Å². The van der Waals surface area contributed by atoms with Crippen molar-refractivity contribution in [2.45, 2.75) is 40.2 Å². The molecule has 0 aliphatic heterocycles. The lowest BCUT2D eigenvalue weighted by Gasteiger charge is -2.22. The zero-order valence-electron chi connectivity index (χ0n) is 15.2. The van der Waals surface area contributed by atoms with Crippen molar-refractivity contribution in [1.82, 2.24) is 19.9 Å². The number of rotatable bonds is 7. The third kappa shape index (κ3) is 3.82. The highest BCUT2D eigenvalue weighted by atomic mass is 16.3. The van der Waals surface area contributed by atoms with E-state index in [0.717, 1.165) is 54.6 Å². The Morgan fingerprint density at radius 2 is 1.72 bits per heavy atom. The van der Waals surface area contributed by atoms with Crippen LogP contribution in [0.2, 0.25) is 0 Å². The summed E-state index contributed by atoms with van der Waals surface area (Å²) in [4.78, 5) is 3.90. The minimum absolute atomic E-state index is 0.261. The highest BCUT2D eigenvalue weighted by Gasteiger charge is 2.14. The van der Waals surface area contributed by atoms with Gasteiger partial charge in [0.1, 0.15) is 22.5 Å². The molecule has 0 amide bonds. The third-order valence-corrected chi connectivity index (χ3v) is 4.32. The number of hydrogen-bond acceptors (Lipinski definition) is 4. The molecule has 132 valence electrons. The van der Waals surface area contributed by atoms with E-state index in [0.29, 0.717) is 5.69 Å². The van der Waals surface area contributed by atoms with Crippen LogP contribution in [0, 0.1) is 6.92 Å². The maximum atomic E-state index is 10.8. The van der Waals surface area contributed by atoms with Crippen molar-refractivity contribution in [1.29, 1.82) is 0 Å². The van der Waals surface area contributed by atoms with Crippen molar-refractivity contribution < 1.29 is 5.11 Å². The van der Waals surface area contributed by atoms with Crippen LogP contribution < -0.4 is 0 Å². The molecular formula is C20H26N4O. The van der Waals surface area contributed by atoms with Crippen LogP contribution in [0.4, 0.5) is 0 Å². The molecule has 5 nitrogen and oxygen atoms in total. The Hall–Kier alpha value is -2.40. The Labute approximate surface area is 148 Å². The molecule has 1 aromatic heterocycles. The summed E-state index contributed by atoms with van der Waals surface area (Å²) in [7, 11) is 0. The van der Waals surface area contributed by atoms with E-state index in [1.807, 2.05) is 43.3 Å². The van der Waals surface area contributed by atoms with Gasteiger partial charge in [0.2, 0.25) is 0 Å². The number of aromatic hydroxyl groups is 1. The molecule has 0 spiro atoms. The van der Waals surface area contributed by atoms with Crippen molar-refractivity contribution in [3.63, 3.8) is 0 Å². The van der Waals surface area contributed by atoms with Gasteiger partial charge in [-0.15, -0.1) is 15.0 Å². The average Bonchev–Trinajstić information content (AvgIpc) is 3.00. The number of nitrogens with zero attached hydrogens (tertiary/aromatic N) is 4. The second-order valence-corrected chi connectivity index (χ2v) is 6.54. The molecule has 0 bridgehead atoms. The maximum Gasteiger partial charge on any atom is 0.147 e. The molecule has 0 fully saturated rings. The smallest absolute Gasteiger partial charge is 0.147 e. The minimum Gasteiger partial charge on any atom is -0.505 e. The summed E-state index contributed by atoms with van der Waals surface area (Å²) >= 11 is 0. The maximum absolute atomic E-state index is 10.8. The van der Waals surface area contributed by atoms with Gasteiger partial charge in [-0.2, -0.15) is 0 Å². The topological polar surface area (TPSA) is 54.2 Å². The van der Waals surface area contributed by atoms with Gasteiger partial charge in [-0.25, -0.2) is 0 Å². The molecule has 0 saturated carbocycles. The summed E-state index contributed by atoms with van der Waals surface area (Å²) in [6.07, 6.45) is 2.21. The fourth-order valence-corrected chi connectivity index (χ4v) is 3.14. The second-order valence-electron chi connectivity index (χ2n) is 6.54. The molecule has 5 heteroatoms. The number of para-hydroxylation sites is 1. The number of phenolic OH excluding ortho intramolecular Hbond substituents is 1. The van der Waals surface area contributed by atoms with E-state index in [2.05, 4.69) is 28.9 Å². The van der Waals surface area contributed by atoms with Crippen molar-refractivity contribution >= 4 is 11.0 Å². The highest BCUT2D eigenvalue weighted by Crippen LogP contribution is 2.27. The predicted octanol–water partition coefficient (Wildman–Crippen LogP) is 4.06. The summed E-state index contributed by atoms with van der Waals surface area (Å²) < 4.78 is 0. The first-order valence-corrected chi connectivity index (χ1v) is 8.99. The lowest BCUT2D eigenvalue weighted by Crippen LogP contribution is -2.25. The van der Waals surface area contributed by atoms with Crippen LogP contribution >= 0.6 is 0 Å². The summed E-state index contributed by atoms with van der Waals surface area (Å²) in [6, 6.07) is 11.8. The fraction of sp³-hybridized carbons (Fsp3) is 0.400. The monoisotopic (exact) mass is 338 g/mol. The Morgan fingerprint density at radius 1 is 1.00 bits per heavy atom. The fourth-order valence-electron chi connectivity index (χ4n) is 3.14. The molecular weight excluding hydrogens is 312 g/mol. The van der Waals surface area contributed by atoms with Crippen LogP contribution in [0.5, 0.6) is 5.75 Å². The highest BCUT2D eigenvalue weighted by molar-refractivity contribution is 5.74. The Morgan fingerprint density at radius 3 is 2.44 bits per heavy atom. The zero-order chi connectivity index (χ0) is 17.8. The van der Waals surface area contributed by atoms with E-state index in [1.165, 1.54) is 4.80 Å². The number of fused-ring (bicyclic) bond motifs is 1. The first kappa shape index (κ1) is 17.4. The van der Waals surface area contributed by atoms with Gasteiger partial charge < -0.3 is 5.11 Å². The molecule has 3 rings (SSSR count). The van der Waals surface area contributed by atoms with Gasteiger partial charge in [0.05, 0.1) is 0 Å². The summed E-state index contributed by atoms with van der Waals surface area (Å²) in [5.41, 5.74) is 4.35. The molecule has 3 aromatic rings. The van der Waals surface area contributed by atoms with E-state index in [9.17, 15) is 5.11 Å². The molecule has 0 aliphatic rings. The summed E-state index contributed by atoms with van der Waals surface area (Å²) in [5.74, 6) is 0.261. The van der Waals surface area contributed by atoms with Crippen LogP contribution in [0.15, 0.2) is 36.4 Å². The van der Waals surface area contributed by atoms with E-state index >= 15 is 0 Å². The molecule has 0 saturated heterocycles. The van der Waals surface area contributed by atoms with E-state index in [4.69, 9.17) is 0 Å². The molecule has 0 atom stereocenters. The normalized spacial score (nSPS) is 11.5. The average molecular weight is 338 g/mol. The molecule has 1 heterocycles. The van der Waals surface area contributed by atoms with Gasteiger partial charge in [0.15, 0.2) is 0 Å². The SMILES string of the molecule is CCCN(CCC)Cc1cccc(-n2nc3ccc(C)cc3n2)c1O. The van der Waals surface area contributed by atoms with Gasteiger partial charge in [0, 0.05) is 12.1 Å². The number of phenols is 1. The largest absolute Gasteiger partial charge is 0.505 e. The van der Waals surface area contributed by atoms with Crippen LogP contribution in [-0.2, 0) is 6.54 Å². The number of aryl methyl sites for hydroxylation is 1. The van der Waals surface area contributed by atoms with Gasteiger partial charge in [-0.05, 0) is 56.6 Å². The number of benzene rings is 2. The van der Waals surface area contributed by atoms with E-state index in [-0.39, 0.29) is 5.75 Å². The Kier molecular flexibility index (Phi) is 5.34. The van der Waals surface area contributed by atoms with Gasteiger partial charge in [-0.1, -0.05) is 32.0 Å². The molecule has 0 unspecified atom stereocenters. The molecule has 2 aromatic carbocycles. The standard InChI is InChI=1S/C20H26N4O/c1-4-11-23(12-5-2)14-16-7-6-8-19(20(16)25)24-21-17-10-9-15(3)13-18(17)22-24/h6-10,13,25H,4-5,11-12,14H2,1-3H3. The number of aromatic nitrogens is 3. The molecule has 1 N–H and O–H groups in total. The van der Waals surface area contributed by atoms with E-state index in [1.54, 1.807) is 0 Å². The first-order valence-electron chi connectivity index (χ1n) is 8.99. The Balaban J connectivity index is 1.94. The lowest BCUT2D eigenvalue weighted by atomic mass is 10.1. The van der Waals surface area contributed by atoms with Crippen LogP contribution in [0.1, 0.15) is 37.8 Å². The lowest BCUT2D eigenvalue weighted by molar-refractivity contribution is 0.262. The van der Waals surface area contributed by atoms with E-state index < -0.39 is 0 Å². The van der Waals surface area contributed by atoms with Crippen molar-refractivity contribution in [3.8, 4) is 11.4 Å². The van der Waals surface area contributed by atoms with Gasteiger partial charge in [-0.3, -0.25) is 4.90 Å². The molecule has 25 heavy (non-hydrogen) atoms. The number of hydrogen-bond donors (Lipinski definition) is 1. The third-order valence-electron chi connectivity index (χ3n) is 4.32. The second kappa shape index (κ2) is 7.66. The van der Waals surface area contributed by atoms with Crippen molar-refractivity contribution in [3.05, 3.63) is 47.5 Å². The zero-order valence-corrected chi connectivity index (χ0v) is 15.2. The minimum atomic E-state index is 0.261. The molecule has 0 radical (unpaired) electrons. The quantitative estimate of drug-likeness (QED) is 0.706. The predicted molar refractivity (Wildman–Crippen MR) is 101 cm³/mol. The van der Waals surface area contributed by atoms with Crippen LogP contribution in [0.3, 0.4) is 0 Å². The summed E-state index contributed by atoms with van der Waals surface area (Å²) in [5, 5.41) is 19.8. The van der Waals surface area contributed by atoms with Gasteiger partial charge in [0.25, 0.3) is 0 Å². The van der Waals surface area contributed by atoms with Crippen molar-refractivity contribution in [2.24, 2.45) is 0 Å². The summed E-state index contributed by atoms with van der Waals surface area (Å²) in [6.45, 7) is 9.19. The van der Waals surface area contributed by atoms with Crippen molar-refractivity contribution in [2.75, 3.05) is 13.1 Å². The Bertz CT molecular complexity index is 850. The molecule has 0 aliphatic carbocycles. The first-order chi connectivity index (χ1) is 12.1. The van der Waals surface area contributed by atoms with Gasteiger partial charge >= 0.3 is 0 Å². The van der Waals surface area contributed by atoms with Crippen LogP contribution in [-0.4, -0.2) is 38.1 Å².